The van der Waals surface area contributed by atoms with E-state index < -0.39 is 0 Å². The minimum Gasteiger partial charge on any atom is -0.346 e. The number of hydrogen-bond acceptors (Lipinski definition) is 2. The third kappa shape index (κ3) is 1.16. The van der Waals surface area contributed by atoms with Crippen molar-refractivity contribution in [2.75, 3.05) is 0 Å². The van der Waals surface area contributed by atoms with Crippen molar-refractivity contribution < 1.29 is 0 Å². The fourth-order valence-electron chi connectivity index (χ4n) is 2.52. The Kier molecular flexibility index (Phi) is 1.66. The largest absolute Gasteiger partial charge is 0.346 e. The van der Waals surface area contributed by atoms with Crippen molar-refractivity contribution >= 4 is 11.0 Å². The quantitative estimate of drug-likeness (QED) is 0.729. The molecule has 0 saturated heterocycles. The topological polar surface area (TPSA) is 50.7 Å². The molecule has 0 unspecified atom stereocenters. The number of aromatic nitrogens is 3. The Bertz CT molecular complexity index is 633. The molecule has 1 N–H and O–H groups in total. The van der Waals surface area contributed by atoms with E-state index in [9.17, 15) is 4.79 Å². The number of nitrogens with zero attached hydrogens (tertiary/aromatic N) is 2. The third-order valence-electron chi connectivity index (χ3n) is 3.29. The zero-order chi connectivity index (χ0) is 11.5. The molecular formula is C12H15N3O. The average molecular weight is 217 g/mol. The van der Waals surface area contributed by atoms with Gasteiger partial charge in [-0.15, -0.1) is 0 Å². The van der Waals surface area contributed by atoms with Crippen molar-refractivity contribution in [2.45, 2.75) is 33.7 Å². The number of fused-ring (bicyclic) bond motifs is 2. The van der Waals surface area contributed by atoms with Gasteiger partial charge >= 0.3 is 0 Å². The minimum absolute atomic E-state index is 0.101. The Morgan fingerprint density at radius 1 is 1.50 bits per heavy atom. The van der Waals surface area contributed by atoms with Crippen LogP contribution in [0.1, 0.15) is 25.2 Å². The predicted octanol–water partition coefficient (Wildman–Crippen LogP) is 1.62. The van der Waals surface area contributed by atoms with E-state index in [0.717, 1.165) is 35.4 Å². The normalized spacial score (nSPS) is 17.9. The van der Waals surface area contributed by atoms with Crippen LogP contribution in [0.25, 0.3) is 11.0 Å². The molecule has 0 bridgehead atoms. The lowest BCUT2D eigenvalue weighted by Crippen LogP contribution is -2.23. The summed E-state index contributed by atoms with van der Waals surface area (Å²) in [5.41, 5.74) is 1.95. The summed E-state index contributed by atoms with van der Waals surface area (Å²) < 4.78 is 1.82. The lowest BCUT2D eigenvalue weighted by molar-refractivity contribution is 0.357. The molecule has 1 aliphatic rings. The van der Waals surface area contributed by atoms with Crippen LogP contribution >= 0.6 is 0 Å². The Hall–Kier alpha value is -1.58. The number of rotatable bonds is 0. The number of aryl methyl sites for hydroxylation is 1. The molecule has 2 aromatic rings. The summed E-state index contributed by atoms with van der Waals surface area (Å²) in [7, 11) is 0. The molecule has 1 aliphatic heterocycles. The van der Waals surface area contributed by atoms with E-state index in [-0.39, 0.29) is 11.0 Å². The maximum atomic E-state index is 12.3. The van der Waals surface area contributed by atoms with Crippen molar-refractivity contribution in [3.63, 3.8) is 0 Å². The first-order valence-corrected chi connectivity index (χ1v) is 5.55. The van der Waals surface area contributed by atoms with Crippen molar-refractivity contribution in [1.82, 2.24) is 14.5 Å². The van der Waals surface area contributed by atoms with E-state index in [1.807, 2.05) is 17.7 Å². The number of H-pyrrole nitrogens is 1. The van der Waals surface area contributed by atoms with E-state index >= 15 is 0 Å². The molecule has 0 radical (unpaired) electrons. The van der Waals surface area contributed by atoms with Crippen LogP contribution in [0, 0.1) is 12.3 Å². The molecule has 0 amide bonds. The molecule has 0 spiro atoms. The molecule has 2 aromatic heterocycles. The van der Waals surface area contributed by atoms with E-state index in [4.69, 9.17) is 0 Å². The van der Waals surface area contributed by atoms with Gasteiger partial charge in [-0.25, -0.2) is 4.98 Å². The number of hydrogen-bond donors (Lipinski definition) is 1. The van der Waals surface area contributed by atoms with Gasteiger partial charge in [0.25, 0.3) is 5.56 Å². The molecule has 0 fully saturated rings. The first-order valence-electron chi connectivity index (χ1n) is 5.55. The summed E-state index contributed by atoms with van der Waals surface area (Å²) in [6, 6.07) is 0. The van der Waals surface area contributed by atoms with Gasteiger partial charge in [-0.2, -0.15) is 0 Å². The minimum atomic E-state index is 0.101. The Labute approximate surface area is 93.3 Å². The van der Waals surface area contributed by atoms with E-state index in [0.29, 0.717) is 0 Å². The van der Waals surface area contributed by atoms with Crippen molar-refractivity contribution in [1.29, 1.82) is 0 Å². The van der Waals surface area contributed by atoms with Gasteiger partial charge in [0.1, 0.15) is 11.5 Å². The first-order chi connectivity index (χ1) is 7.48. The second-order valence-corrected chi connectivity index (χ2v) is 5.46. The summed E-state index contributed by atoms with van der Waals surface area (Å²) in [6.45, 7) is 7.05. The summed E-state index contributed by atoms with van der Waals surface area (Å²) >= 11 is 0. The van der Waals surface area contributed by atoms with Crippen LogP contribution < -0.4 is 5.56 Å². The van der Waals surface area contributed by atoms with Crippen LogP contribution in [-0.2, 0) is 13.0 Å². The maximum absolute atomic E-state index is 12.3. The maximum Gasteiger partial charge on any atom is 0.263 e. The van der Waals surface area contributed by atoms with Crippen LogP contribution in [-0.4, -0.2) is 14.5 Å². The van der Waals surface area contributed by atoms with Crippen molar-refractivity contribution in [2.24, 2.45) is 5.41 Å². The monoisotopic (exact) mass is 217 g/mol. The van der Waals surface area contributed by atoms with Crippen LogP contribution in [0.15, 0.2) is 11.0 Å². The molecule has 0 aromatic carbocycles. The zero-order valence-corrected chi connectivity index (χ0v) is 9.79. The Balaban J connectivity index is 2.37. The van der Waals surface area contributed by atoms with E-state index in [1.165, 1.54) is 0 Å². The average Bonchev–Trinajstić information content (AvgIpc) is 2.67. The number of aromatic amines is 1. The van der Waals surface area contributed by atoms with Gasteiger partial charge in [-0.05, 0) is 17.9 Å². The van der Waals surface area contributed by atoms with Gasteiger partial charge in [0, 0.05) is 19.2 Å². The van der Waals surface area contributed by atoms with Gasteiger partial charge in [-0.1, -0.05) is 13.8 Å². The summed E-state index contributed by atoms with van der Waals surface area (Å²) in [6.07, 6.45) is 2.72. The molecule has 0 atom stereocenters. The molecule has 0 saturated carbocycles. The van der Waals surface area contributed by atoms with Crippen molar-refractivity contribution in [3.05, 3.63) is 27.9 Å². The Morgan fingerprint density at radius 3 is 3.00 bits per heavy atom. The molecule has 84 valence electrons. The third-order valence-corrected chi connectivity index (χ3v) is 3.29. The smallest absolute Gasteiger partial charge is 0.263 e. The molecule has 3 rings (SSSR count). The summed E-state index contributed by atoms with van der Waals surface area (Å²) in [5, 5.41) is 0.737. The fourth-order valence-corrected chi connectivity index (χ4v) is 2.52. The number of nitrogens with one attached hydrogen (secondary N) is 1. The van der Waals surface area contributed by atoms with E-state index in [2.05, 4.69) is 23.8 Å². The molecule has 4 heteroatoms. The molecule has 16 heavy (non-hydrogen) atoms. The molecule has 4 nitrogen and oxygen atoms in total. The van der Waals surface area contributed by atoms with Crippen LogP contribution in [0.2, 0.25) is 0 Å². The van der Waals surface area contributed by atoms with Gasteiger partial charge in [-0.3, -0.25) is 9.36 Å². The first kappa shape index (κ1) is 9.63. The highest BCUT2D eigenvalue weighted by Gasteiger charge is 2.31. The second-order valence-electron chi connectivity index (χ2n) is 5.46. The van der Waals surface area contributed by atoms with Gasteiger partial charge in [0.15, 0.2) is 0 Å². The second kappa shape index (κ2) is 2.75. The fraction of sp³-hybridized carbons (Fsp3) is 0.500. The highest BCUT2D eigenvalue weighted by atomic mass is 16.1. The van der Waals surface area contributed by atoms with Crippen molar-refractivity contribution in [3.8, 4) is 0 Å². The lowest BCUT2D eigenvalue weighted by Gasteiger charge is -2.13. The van der Waals surface area contributed by atoms with Gasteiger partial charge in [0.2, 0.25) is 0 Å². The summed E-state index contributed by atoms with van der Waals surface area (Å²) in [5.74, 6) is 0.907. The summed E-state index contributed by atoms with van der Waals surface area (Å²) in [4.78, 5) is 19.9. The molecular weight excluding hydrogens is 202 g/mol. The molecule has 3 heterocycles. The zero-order valence-electron chi connectivity index (χ0n) is 9.79. The van der Waals surface area contributed by atoms with Gasteiger partial charge < -0.3 is 4.98 Å². The lowest BCUT2D eigenvalue weighted by atomic mass is 9.92. The SMILES string of the molecule is Cc1c[nH]c2nc3n(c(=O)c12)CC(C)(C)C3. The molecule has 0 aliphatic carbocycles. The highest BCUT2D eigenvalue weighted by molar-refractivity contribution is 5.78. The highest BCUT2D eigenvalue weighted by Crippen LogP contribution is 2.29. The van der Waals surface area contributed by atoms with Crippen LogP contribution in [0.3, 0.4) is 0 Å². The van der Waals surface area contributed by atoms with Crippen LogP contribution in [0.5, 0.6) is 0 Å². The standard InChI is InChI=1S/C12H15N3O/c1-7-5-13-10-9(7)11(16)15-6-12(2,3)4-8(15)14-10/h5,13H,4,6H2,1-3H3. The predicted molar refractivity (Wildman–Crippen MR) is 62.6 cm³/mol. The Morgan fingerprint density at radius 2 is 2.25 bits per heavy atom. The van der Waals surface area contributed by atoms with Gasteiger partial charge in [0.05, 0.1) is 5.39 Å². The van der Waals surface area contributed by atoms with E-state index in [1.54, 1.807) is 0 Å². The van der Waals surface area contributed by atoms with Crippen LogP contribution in [0.4, 0.5) is 0 Å².